The fraction of sp³-hybridized carbons (Fsp3) is 0.364. The Morgan fingerprint density at radius 2 is 2.00 bits per heavy atom. The maximum absolute atomic E-state index is 12.2. The van der Waals surface area contributed by atoms with Crippen LogP contribution in [0.3, 0.4) is 0 Å². The number of hydrogen-bond acceptors (Lipinski definition) is 2. The summed E-state index contributed by atoms with van der Waals surface area (Å²) in [4.78, 5) is 11.2. The minimum Gasteiger partial charge on any atom is -0.330 e. The predicted octanol–water partition coefficient (Wildman–Crippen LogP) is 2.50. The first-order chi connectivity index (χ1) is 7.90. The number of carbonyl (C=O) groups is 1. The molecule has 0 spiro atoms. The van der Waals surface area contributed by atoms with Gasteiger partial charge >= 0.3 is 6.18 Å². The normalized spacial score (nSPS) is 10.7. The van der Waals surface area contributed by atoms with Crippen molar-refractivity contribution < 1.29 is 18.0 Å². The van der Waals surface area contributed by atoms with E-state index in [9.17, 15) is 18.0 Å². The van der Waals surface area contributed by atoms with Crippen molar-refractivity contribution in [2.75, 3.05) is 11.9 Å². The van der Waals surface area contributed by atoms with Gasteiger partial charge in [0, 0.05) is 18.7 Å². The van der Waals surface area contributed by atoms with Gasteiger partial charge in [-0.15, -0.1) is 12.4 Å². The molecule has 1 amide bonds. The monoisotopic (exact) mass is 282 g/mol. The van der Waals surface area contributed by atoms with Crippen LogP contribution in [0.25, 0.3) is 0 Å². The van der Waals surface area contributed by atoms with Crippen molar-refractivity contribution in [1.82, 2.24) is 0 Å². The van der Waals surface area contributed by atoms with Gasteiger partial charge in [-0.3, -0.25) is 4.79 Å². The maximum atomic E-state index is 12.2. The van der Waals surface area contributed by atoms with Gasteiger partial charge in [0.15, 0.2) is 0 Å². The minimum atomic E-state index is -4.25. The van der Waals surface area contributed by atoms with Crippen molar-refractivity contribution in [2.45, 2.75) is 19.0 Å². The zero-order valence-corrected chi connectivity index (χ0v) is 10.3. The van der Waals surface area contributed by atoms with Gasteiger partial charge in [-0.05, 0) is 17.7 Å². The third-order valence-corrected chi connectivity index (χ3v) is 1.99. The lowest BCUT2D eigenvalue weighted by Gasteiger charge is -2.09. The highest BCUT2D eigenvalue weighted by Crippen LogP contribution is 2.22. The summed E-state index contributed by atoms with van der Waals surface area (Å²) < 4.78 is 36.5. The van der Waals surface area contributed by atoms with Gasteiger partial charge in [-0.25, -0.2) is 0 Å². The first-order valence-corrected chi connectivity index (χ1v) is 5.06. The number of rotatable bonds is 4. The van der Waals surface area contributed by atoms with E-state index in [1.807, 2.05) is 0 Å². The van der Waals surface area contributed by atoms with E-state index in [0.717, 1.165) is 0 Å². The van der Waals surface area contributed by atoms with Crippen molar-refractivity contribution in [3.8, 4) is 0 Å². The van der Waals surface area contributed by atoms with Crippen LogP contribution in [0.4, 0.5) is 18.9 Å². The molecular weight excluding hydrogens is 269 g/mol. The molecule has 3 nitrogen and oxygen atoms in total. The summed E-state index contributed by atoms with van der Waals surface area (Å²) in [6.45, 7) is 0.202. The van der Waals surface area contributed by atoms with E-state index in [1.54, 1.807) is 0 Å². The van der Waals surface area contributed by atoms with Gasteiger partial charge in [-0.2, -0.15) is 13.2 Å². The van der Waals surface area contributed by atoms with Gasteiger partial charge in [-0.1, -0.05) is 12.1 Å². The fourth-order valence-electron chi connectivity index (χ4n) is 1.35. The number of carbonyl (C=O) groups excluding carboxylic acids is 1. The van der Waals surface area contributed by atoms with Crippen LogP contribution >= 0.6 is 12.4 Å². The molecule has 0 unspecified atom stereocenters. The van der Waals surface area contributed by atoms with Gasteiger partial charge < -0.3 is 11.1 Å². The Hall–Kier alpha value is -1.27. The van der Waals surface area contributed by atoms with Crippen LogP contribution in [0, 0.1) is 0 Å². The summed E-state index contributed by atoms with van der Waals surface area (Å²) in [5.41, 5.74) is 5.65. The highest BCUT2D eigenvalue weighted by Gasteiger charge is 2.27. The molecule has 1 aromatic carbocycles. The summed E-state index contributed by atoms with van der Waals surface area (Å²) in [6.07, 6.45) is -5.11. The number of amides is 1. The van der Waals surface area contributed by atoms with Crippen LogP contribution in [0.5, 0.6) is 0 Å². The second kappa shape index (κ2) is 7.23. The smallest absolute Gasteiger partial charge is 0.330 e. The zero-order chi connectivity index (χ0) is 12.9. The largest absolute Gasteiger partial charge is 0.393 e. The summed E-state index contributed by atoms with van der Waals surface area (Å²) in [6, 6.07) is 5.68. The maximum Gasteiger partial charge on any atom is 0.393 e. The van der Waals surface area contributed by atoms with E-state index in [-0.39, 0.29) is 36.8 Å². The first kappa shape index (κ1) is 16.7. The first-order valence-electron chi connectivity index (χ1n) is 5.06. The molecule has 3 N–H and O–H groups in total. The molecule has 18 heavy (non-hydrogen) atoms. The molecule has 0 atom stereocenters. The minimum absolute atomic E-state index is 0. The Bertz CT molecular complexity index is 396. The Kier molecular flexibility index (Phi) is 6.72. The third kappa shape index (κ3) is 6.46. The summed E-state index contributed by atoms with van der Waals surface area (Å²) in [7, 11) is 0. The molecule has 0 heterocycles. The lowest BCUT2D eigenvalue weighted by molar-refractivity contribution is -0.127. The highest BCUT2D eigenvalue weighted by atomic mass is 35.5. The van der Waals surface area contributed by atoms with Gasteiger partial charge in [0.2, 0.25) is 5.91 Å². The standard InChI is InChI=1S/C11H13F3N2O.ClH/c12-11(13,14)7-8-2-1-3-9(6-8)16-10(17)4-5-15;/h1-3,6H,4-5,7,15H2,(H,16,17);1H. The number of benzene rings is 1. The average Bonchev–Trinajstić information content (AvgIpc) is 2.15. The second-order valence-electron chi connectivity index (χ2n) is 3.58. The Balaban J connectivity index is 0.00000289. The van der Waals surface area contributed by atoms with E-state index in [4.69, 9.17) is 5.73 Å². The van der Waals surface area contributed by atoms with Crippen LogP contribution in [0.15, 0.2) is 24.3 Å². The number of hydrogen-bond donors (Lipinski definition) is 2. The summed E-state index contributed by atoms with van der Waals surface area (Å²) in [5, 5.41) is 2.48. The van der Waals surface area contributed by atoms with Gasteiger partial charge in [0.05, 0.1) is 6.42 Å². The molecular formula is C11H14ClF3N2O. The summed E-state index contributed by atoms with van der Waals surface area (Å²) >= 11 is 0. The van der Waals surface area contributed by atoms with E-state index >= 15 is 0 Å². The zero-order valence-electron chi connectivity index (χ0n) is 9.46. The lowest BCUT2D eigenvalue weighted by Crippen LogP contribution is -2.16. The topological polar surface area (TPSA) is 55.1 Å². The number of nitrogens with two attached hydrogens (primary N) is 1. The molecule has 0 aliphatic rings. The summed E-state index contributed by atoms with van der Waals surface area (Å²) in [5.74, 6) is -0.309. The predicted molar refractivity (Wildman–Crippen MR) is 65.8 cm³/mol. The van der Waals surface area contributed by atoms with Crippen molar-refractivity contribution in [1.29, 1.82) is 0 Å². The Morgan fingerprint density at radius 1 is 1.33 bits per heavy atom. The van der Waals surface area contributed by atoms with Crippen molar-refractivity contribution in [3.05, 3.63) is 29.8 Å². The number of alkyl halides is 3. The number of nitrogens with one attached hydrogen (secondary N) is 1. The molecule has 7 heteroatoms. The Morgan fingerprint density at radius 3 is 2.56 bits per heavy atom. The van der Waals surface area contributed by atoms with Crippen LogP contribution in [0.2, 0.25) is 0 Å². The van der Waals surface area contributed by atoms with Gasteiger partial charge in [0.1, 0.15) is 0 Å². The third-order valence-electron chi connectivity index (χ3n) is 1.99. The van der Waals surface area contributed by atoms with Crippen LogP contribution in [-0.2, 0) is 11.2 Å². The molecule has 0 aromatic heterocycles. The number of halogens is 4. The second-order valence-corrected chi connectivity index (χ2v) is 3.58. The van der Waals surface area contributed by atoms with Crippen LogP contribution in [-0.4, -0.2) is 18.6 Å². The molecule has 0 bridgehead atoms. The SMILES string of the molecule is Cl.NCCC(=O)Nc1cccc(CC(F)(F)F)c1. The molecule has 1 aromatic rings. The molecule has 102 valence electrons. The average molecular weight is 283 g/mol. The van der Waals surface area contributed by atoms with Crippen LogP contribution in [0.1, 0.15) is 12.0 Å². The molecule has 0 aliphatic carbocycles. The van der Waals surface area contributed by atoms with Crippen molar-refractivity contribution in [2.24, 2.45) is 5.73 Å². The van der Waals surface area contributed by atoms with Gasteiger partial charge in [0.25, 0.3) is 0 Å². The molecule has 0 aliphatic heterocycles. The quantitative estimate of drug-likeness (QED) is 0.891. The van der Waals surface area contributed by atoms with Crippen LogP contribution < -0.4 is 11.1 Å². The Labute approximate surface area is 109 Å². The number of anilines is 1. The van der Waals surface area contributed by atoms with E-state index in [2.05, 4.69) is 5.32 Å². The molecule has 0 radical (unpaired) electrons. The highest BCUT2D eigenvalue weighted by molar-refractivity contribution is 5.90. The molecule has 0 fully saturated rings. The van der Waals surface area contributed by atoms with E-state index in [0.29, 0.717) is 5.69 Å². The van der Waals surface area contributed by atoms with Crippen molar-refractivity contribution >= 4 is 24.0 Å². The van der Waals surface area contributed by atoms with E-state index in [1.165, 1.54) is 24.3 Å². The molecule has 1 rings (SSSR count). The molecule has 0 saturated carbocycles. The fourth-order valence-corrected chi connectivity index (χ4v) is 1.35. The van der Waals surface area contributed by atoms with Crippen molar-refractivity contribution in [3.63, 3.8) is 0 Å². The lowest BCUT2D eigenvalue weighted by atomic mass is 10.1. The molecule has 0 saturated heterocycles. The van der Waals surface area contributed by atoms with E-state index < -0.39 is 12.6 Å².